The Balaban J connectivity index is 3.94. The molecule has 2 N–H and O–H groups in total. The predicted octanol–water partition coefficient (Wildman–Crippen LogP) is -0.444. The summed E-state index contributed by atoms with van der Waals surface area (Å²) in [6, 6.07) is 0. The van der Waals surface area contributed by atoms with Crippen LogP contribution in [-0.2, 0) is 14.6 Å². The maximum absolute atomic E-state index is 11.3. The molecule has 0 aliphatic rings. The third kappa shape index (κ3) is 8.38. The van der Waals surface area contributed by atoms with Crippen LogP contribution in [0.1, 0.15) is 20.3 Å². The normalized spacial score (nSPS) is 11.7. The van der Waals surface area contributed by atoms with Gasteiger partial charge in [-0.2, -0.15) is 0 Å². The Morgan fingerprint density at radius 1 is 1.40 bits per heavy atom. The van der Waals surface area contributed by atoms with Gasteiger partial charge in [0.1, 0.15) is 5.75 Å². The Hall–Kier alpha value is -0.620. The molecule has 15 heavy (non-hydrogen) atoms. The second kappa shape index (κ2) is 6.79. The summed E-state index contributed by atoms with van der Waals surface area (Å²) < 4.78 is 22.5. The highest BCUT2D eigenvalue weighted by Gasteiger charge is 2.15. The Bertz CT molecular complexity index is 284. The van der Waals surface area contributed by atoms with E-state index in [2.05, 4.69) is 5.32 Å². The molecule has 0 aromatic carbocycles. The number of carbonyl (C=O) groups is 1. The second-order valence-corrected chi connectivity index (χ2v) is 6.05. The maximum atomic E-state index is 11.3. The van der Waals surface area contributed by atoms with Gasteiger partial charge in [-0.15, -0.1) is 0 Å². The van der Waals surface area contributed by atoms with Crippen molar-refractivity contribution in [1.82, 2.24) is 5.32 Å². The van der Waals surface area contributed by atoms with Crippen LogP contribution in [0.15, 0.2) is 0 Å². The second-order valence-electron chi connectivity index (χ2n) is 3.87. The molecule has 0 radical (unpaired) electrons. The molecule has 5 nitrogen and oxygen atoms in total. The van der Waals surface area contributed by atoms with E-state index in [1.165, 1.54) is 0 Å². The van der Waals surface area contributed by atoms with Gasteiger partial charge in [0.25, 0.3) is 0 Å². The van der Waals surface area contributed by atoms with Crippen molar-refractivity contribution in [2.24, 2.45) is 5.92 Å². The number of carbonyl (C=O) groups excluding carboxylic acids is 1. The highest BCUT2D eigenvalue weighted by molar-refractivity contribution is 7.92. The summed E-state index contributed by atoms with van der Waals surface area (Å²) in [7, 11) is -3.36. The van der Waals surface area contributed by atoms with Gasteiger partial charge < -0.3 is 10.4 Å². The quantitative estimate of drug-likeness (QED) is 0.628. The van der Waals surface area contributed by atoms with E-state index in [4.69, 9.17) is 5.11 Å². The molecule has 90 valence electrons. The summed E-state index contributed by atoms with van der Waals surface area (Å²) in [6.07, 6.45) is 0.180. The lowest BCUT2D eigenvalue weighted by Gasteiger charge is -2.07. The first kappa shape index (κ1) is 14.4. The van der Waals surface area contributed by atoms with Crippen LogP contribution in [0.25, 0.3) is 0 Å². The topological polar surface area (TPSA) is 83.5 Å². The number of hydrogen-bond donors (Lipinski definition) is 2. The third-order valence-corrected chi connectivity index (χ3v) is 3.28. The fourth-order valence-corrected chi connectivity index (χ4v) is 2.14. The fourth-order valence-electron chi connectivity index (χ4n) is 0.925. The highest BCUT2D eigenvalue weighted by atomic mass is 32.2. The smallest absolute Gasteiger partial charge is 0.235 e. The van der Waals surface area contributed by atoms with E-state index in [1.807, 2.05) is 13.8 Å². The standard InChI is InChI=1S/C9H19NO4S/c1-8(2)6-10-9(12)7-15(13,14)5-3-4-11/h8,11H,3-7H2,1-2H3,(H,10,12). The van der Waals surface area contributed by atoms with Gasteiger partial charge in [-0.3, -0.25) is 4.79 Å². The van der Waals surface area contributed by atoms with Crippen LogP contribution < -0.4 is 5.32 Å². The molecule has 0 fully saturated rings. The summed E-state index contributed by atoms with van der Waals surface area (Å²) in [6.45, 7) is 4.17. The van der Waals surface area contributed by atoms with Gasteiger partial charge in [-0.1, -0.05) is 13.8 Å². The Labute approximate surface area is 90.8 Å². The first-order chi connectivity index (χ1) is 6.87. The van der Waals surface area contributed by atoms with Gasteiger partial charge in [0, 0.05) is 13.2 Å². The largest absolute Gasteiger partial charge is 0.396 e. The number of sulfone groups is 1. The molecule has 0 atom stereocenters. The third-order valence-electron chi connectivity index (χ3n) is 1.67. The fraction of sp³-hybridized carbons (Fsp3) is 0.889. The Morgan fingerprint density at radius 3 is 2.47 bits per heavy atom. The molecule has 0 rings (SSSR count). The minimum absolute atomic E-state index is 0.140. The van der Waals surface area contributed by atoms with E-state index >= 15 is 0 Å². The van der Waals surface area contributed by atoms with Gasteiger partial charge in [-0.05, 0) is 12.3 Å². The van der Waals surface area contributed by atoms with Crippen molar-refractivity contribution in [3.8, 4) is 0 Å². The minimum Gasteiger partial charge on any atom is -0.396 e. The van der Waals surface area contributed by atoms with Crippen LogP contribution in [0, 0.1) is 5.92 Å². The maximum Gasteiger partial charge on any atom is 0.235 e. The Kier molecular flexibility index (Phi) is 6.51. The summed E-state index contributed by atoms with van der Waals surface area (Å²) in [5.41, 5.74) is 0. The molecular formula is C9H19NO4S. The van der Waals surface area contributed by atoms with Crippen molar-refractivity contribution in [2.75, 3.05) is 24.7 Å². The molecule has 0 saturated heterocycles. The molecule has 0 bridgehead atoms. The number of hydrogen-bond acceptors (Lipinski definition) is 4. The molecule has 0 saturated carbocycles. The molecule has 6 heteroatoms. The van der Waals surface area contributed by atoms with Crippen molar-refractivity contribution >= 4 is 15.7 Å². The van der Waals surface area contributed by atoms with Crippen molar-refractivity contribution in [2.45, 2.75) is 20.3 Å². The van der Waals surface area contributed by atoms with E-state index in [9.17, 15) is 13.2 Å². The number of nitrogens with one attached hydrogen (secondary N) is 1. The van der Waals surface area contributed by atoms with E-state index < -0.39 is 21.5 Å². The summed E-state index contributed by atoms with van der Waals surface area (Å²) in [4.78, 5) is 11.2. The molecule has 0 aromatic heterocycles. The van der Waals surface area contributed by atoms with Gasteiger partial charge in [0.05, 0.1) is 5.75 Å². The van der Waals surface area contributed by atoms with E-state index in [0.29, 0.717) is 12.5 Å². The zero-order valence-electron chi connectivity index (χ0n) is 9.19. The van der Waals surface area contributed by atoms with Crippen molar-refractivity contribution in [3.05, 3.63) is 0 Å². The lowest BCUT2D eigenvalue weighted by atomic mass is 10.2. The molecule has 0 aliphatic carbocycles. The zero-order chi connectivity index (χ0) is 11.9. The molecule has 0 aliphatic heterocycles. The SMILES string of the molecule is CC(C)CNC(=O)CS(=O)(=O)CCCO. The average Bonchev–Trinajstić information content (AvgIpc) is 2.11. The first-order valence-electron chi connectivity index (χ1n) is 4.95. The Morgan fingerprint density at radius 2 is 2.00 bits per heavy atom. The number of amides is 1. The van der Waals surface area contributed by atoms with Crippen LogP contribution in [0.2, 0.25) is 0 Å². The van der Waals surface area contributed by atoms with Gasteiger partial charge in [-0.25, -0.2) is 8.42 Å². The van der Waals surface area contributed by atoms with Crippen LogP contribution in [0.5, 0.6) is 0 Å². The van der Waals surface area contributed by atoms with E-state index in [0.717, 1.165) is 0 Å². The molecule has 0 aromatic rings. The van der Waals surface area contributed by atoms with Gasteiger partial charge in [0.2, 0.25) is 5.91 Å². The lowest BCUT2D eigenvalue weighted by molar-refractivity contribution is -0.118. The highest BCUT2D eigenvalue weighted by Crippen LogP contribution is 1.94. The molecule has 0 heterocycles. The molecule has 1 amide bonds. The summed E-state index contributed by atoms with van der Waals surface area (Å²) >= 11 is 0. The zero-order valence-corrected chi connectivity index (χ0v) is 10.0. The number of aliphatic hydroxyl groups excluding tert-OH is 1. The molecular weight excluding hydrogens is 218 g/mol. The van der Waals surface area contributed by atoms with Gasteiger partial charge >= 0.3 is 0 Å². The number of aliphatic hydroxyl groups is 1. The predicted molar refractivity (Wildman–Crippen MR) is 58.2 cm³/mol. The minimum atomic E-state index is -3.36. The van der Waals surface area contributed by atoms with Crippen LogP contribution in [-0.4, -0.2) is 44.1 Å². The average molecular weight is 237 g/mol. The molecule has 0 unspecified atom stereocenters. The van der Waals surface area contributed by atoms with Crippen LogP contribution in [0.3, 0.4) is 0 Å². The van der Waals surface area contributed by atoms with E-state index in [-0.39, 0.29) is 18.8 Å². The van der Waals surface area contributed by atoms with Crippen LogP contribution >= 0.6 is 0 Å². The monoisotopic (exact) mass is 237 g/mol. The first-order valence-corrected chi connectivity index (χ1v) is 6.77. The lowest BCUT2D eigenvalue weighted by Crippen LogP contribution is -2.33. The van der Waals surface area contributed by atoms with E-state index in [1.54, 1.807) is 0 Å². The van der Waals surface area contributed by atoms with Crippen molar-refractivity contribution in [1.29, 1.82) is 0 Å². The van der Waals surface area contributed by atoms with Gasteiger partial charge in [0.15, 0.2) is 9.84 Å². The summed E-state index contributed by atoms with van der Waals surface area (Å²) in [5.74, 6) is -0.797. The number of rotatable bonds is 7. The van der Waals surface area contributed by atoms with Crippen molar-refractivity contribution in [3.63, 3.8) is 0 Å². The summed E-state index contributed by atoms with van der Waals surface area (Å²) in [5, 5.41) is 11.0. The van der Waals surface area contributed by atoms with Crippen LogP contribution in [0.4, 0.5) is 0 Å². The van der Waals surface area contributed by atoms with Crippen molar-refractivity contribution < 1.29 is 18.3 Å². The molecule has 0 spiro atoms.